The molecule has 0 N–H and O–H groups in total. The van der Waals surface area contributed by atoms with E-state index in [1.54, 1.807) is 12.1 Å². The molecule has 1 atom stereocenters. The van der Waals surface area contributed by atoms with Crippen LogP contribution in [0.25, 0.3) is 0 Å². The van der Waals surface area contributed by atoms with Gasteiger partial charge in [-0.3, -0.25) is 9.59 Å². The van der Waals surface area contributed by atoms with E-state index in [1.807, 2.05) is 46.2 Å². The second-order valence-electron chi connectivity index (χ2n) is 9.17. The van der Waals surface area contributed by atoms with Gasteiger partial charge in [0.05, 0.1) is 12.2 Å². The molecule has 0 unspecified atom stereocenters. The van der Waals surface area contributed by atoms with Crippen LogP contribution in [0.15, 0.2) is 53.0 Å². The first-order valence-electron chi connectivity index (χ1n) is 11.7. The highest BCUT2D eigenvalue weighted by Crippen LogP contribution is 2.36. The lowest BCUT2D eigenvalue weighted by atomic mass is 9.77. The third kappa shape index (κ3) is 6.10. The van der Waals surface area contributed by atoms with Crippen LogP contribution in [0.2, 0.25) is 5.02 Å². The quantitative estimate of drug-likeness (QED) is 0.471. The van der Waals surface area contributed by atoms with Crippen molar-refractivity contribution in [3.63, 3.8) is 0 Å². The SMILES string of the molecule is O=C(C[C@]1(COc2ccc(Cl)cc2)CCCN(C(=O)c2ccccc2Br)C1)N1CCCCC1. The van der Waals surface area contributed by atoms with Gasteiger partial charge < -0.3 is 14.5 Å². The van der Waals surface area contributed by atoms with Crippen LogP contribution < -0.4 is 4.74 Å². The van der Waals surface area contributed by atoms with Crippen molar-refractivity contribution in [2.75, 3.05) is 32.8 Å². The van der Waals surface area contributed by atoms with E-state index < -0.39 is 5.41 Å². The van der Waals surface area contributed by atoms with Gasteiger partial charge in [-0.2, -0.15) is 0 Å². The summed E-state index contributed by atoms with van der Waals surface area (Å²) in [6.45, 7) is 3.22. The molecule has 5 nitrogen and oxygen atoms in total. The van der Waals surface area contributed by atoms with E-state index in [9.17, 15) is 9.59 Å². The zero-order chi connectivity index (χ0) is 23.3. The van der Waals surface area contributed by atoms with Crippen molar-refractivity contribution < 1.29 is 14.3 Å². The molecule has 0 saturated carbocycles. The van der Waals surface area contributed by atoms with Crippen LogP contribution in [-0.4, -0.2) is 54.4 Å². The van der Waals surface area contributed by atoms with Gasteiger partial charge in [-0.1, -0.05) is 23.7 Å². The molecule has 176 valence electrons. The van der Waals surface area contributed by atoms with E-state index in [-0.39, 0.29) is 11.8 Å². The summed E-state index contributed by atoms with van der Waals surface area (Å²) >= 11 is 9.52. The number of piperidine rings is 2. The van der Waals surface area contributed by atoms with Crippen LogP contribution in [-0.2, 0) is 4.79 Å². The van der Waals surface area contributed by atoms with Gasteiger partial charge in [-0.25, -0.2) is 0 Å². The number of amides is 2. The number of nitrogens with zero attached hydrogens (tertiary/aromatic N) is 2. The maximum atomic E-state index is 13.4. The number of carbonyl (C=O) groups excluding carboxylic acids is 2. The summed E-state index contributed by atoms with van der Waals surface area (Å²) in [5.41, 5.74) is 0.220. The van der Waals surface area contributed by atoms with Crippen molar-refractivity contribution >= 4 is 39.3 Å². The molecule has 0 radical (unpaired) electrons. The molecular weight excluding hydrogens is 504 g/mol. The zero-order valence-corrected chi connectivity index (χ0v) is 21.1. The molecule has 2 saturated heterocycles. The Hall–Kier alpha value is -2.05. The molecule has 7 heteroatoms. The molecule has 0 aromatic heterocycles. The minimum Gasteiger partial charge on any atom is -0.493 e. The molecule has 2 aliphatic rings. The first kappa shape index (κ1) is 24.1. The second kappa shape index (κ2) is 10.9. The molecule has 0 spiro atoms. The van der Waals surface area contributed by atoms with Gasteiger partial charge in [0.25, 0.3) is 5.91 Å². The predicted octanol–water partition coefficient (Wildman–Crippen LogP) is 5.81. The lowest BCUT2D eigenvalue weighted by Gasteiger charge is -2.43. The Kier molecular flexibility index (Phi) is 7.97. The van der Waals surface area contributed by atoms with Crippen LogP contribution in [0, 0.1) is 5.41 Å². The van der Waals surface area contributed by atoms with Crippen molar-refractivity contribution in [2.24, 2.45) is 5.41 Å². The minimum atomic E-state index is -0.427. The van der Waals surface area contributed by atoms with Crippen LogP contribution in [0.1, 0.15) is 48.9 Å². The Balaban J connectivity index is 1.54. The van der Waals surface area contributed by atoms with Crippen LogP contribution in [0.5, 0.6) is 5.75 Å². The molecule has 2 aromatic rings. The Morgan fingerprint density at radius 3 is 2.36 bits per heavy atom. The van der Waals surface area contributed by atoms with Gasteiger partial charge in [0.15, 0.2) is 0 Å². The Bertz CT molecular complexity index is 978. The molecule has 2 amide bonds. The third-order valence-electron chi connectivity index (χ3n) is 6.65. The smallest absolute Gasteiger partial charge is 0.255 e. The highest BCUT2D eigenvalue weighted by molar-refractivity contribution is 9.10. The summed E-state index contributed by atoms with van der Waals surface area (Å²) < 4.78 is 6.96. The Labute approximate surface area is 209 Å². The number of likely N-dealkylation sites (tertiary alicyclic amines) is 2. The largest absolute Gasteiger partial charge is 0.493 e. The number of halogens is 2. The molecule has 0 bridgehead atoms. The number of rotatable bonds is 6. The third-order valence-corrected chi connectivity index (χ3v) is 7.59. The van der Waals surface area contributed by atoms with Gasteiger partial charge in [0.1, 0.15) is 5.75 Å². The monoisotopic (exact) mass is 532 g/mol. The molecule has 0 aliphatic carbocycles. The first-order valence-corrected chi connectivity index (χ1v) is 12.8. The van der Waals surface area contributed by atoms with Crippen LogP contribution >= 0.6 is 27.5 Å². The number of ether oxygens (including phenoxy) is 1. The highest BCUT2D eigenvalue weighted by Gasteiger charge is 2.41. The topological polar surface area (TPSA) is 49.9 Å². The van der Waals surface area contributed by atoms with Crippen molar-refractivity contribution in [1.29, 1.82) is 0 Å². The van der Waals surface area contributed by atoms with E-state index in [0.29, 0.717) is 36.7 Å². The highest BCUT2D eigenvalue weighted by atomic mass is 79.9. The number of hydrogen-bond acceptors (Lipinski definition) is 3. The van der Waals surface area contributed by atoms with Crippen molar-refractivity contribution in [2.45, 2.75) is 38.5 Å². The van der Waals surface area contributed by atoms with Gasteiger partial charge in [-0.15, -0.1) is 0 Å². The maximum absolute atomic E-state index is 13.4. The molecule has 2 fully saturated rings. The van der Waals surface area contributed by atoms with Gasteiger partial charge in [0.2, 0.25) is 5.91 Å². The van der Waals surface area contributed by atoms with Crippen molar-refractivity contribution in [1.82, 2.24) is 9.80 Å². The molecule has 4 rings (SSSR count). The van der Waals surface area contributed by atoms with E-state index in [0.717, 1.165) is 49.0 Å². The summed E-state index contributed by atoms with van der Waals surface area (Å²) in [7, 11) is 0. The van der Waals surface area contributed by atoms with Gasteiger partial charge >= 0.3 is 0 Å². The number of hydrogen-bond donors (Lipinski definition) is 0. The van der Waals surface area contributed by atoms with Gasteiger partial charge in [0, 0.05) is 47.5 Å². The molecule has 2 aliphatic heterocycles. The maximum Gasteiger partial charge on any atom is 0.255 e. The van der Waals surface area contributed by atoms with E-state index in [1.165, 1.54) is 6.42 Å². The fourth-order valence-corrected chi connectivity index (χ4v) is 5.42. The standard InChI is InChI=1S/C26H30BrClN2O3/c27-23-8-3-2-7-22(23)25(32)30-16-6-13-26(18-30,17-24(31)29-14-4-1-5-15-29)19-33-21-11-9-20(28)10-12-21/h2-3,7-12H,1,4-6,13-19H2/t26-/m1/s1. The van der Waals surface area contributed by atoms with Crippen LogP contribution in [0.4, 0.5) is 0 Å². The molecular formula is C26H30BrClN2O3. The van der Waals surface area contributed by atoms with Crippen molar-refractivity contribution in [3.8, 4) is 5.75 Å². The molecule has 33 heavy (non-hydrogen) atoms. The number of carbonyl (C=O) groups is 2. The van der Waals surface area contributed by atoms with E-state index in [2.05, 4.69) is 15.9 Å². The summed E-state index contributed by atoms with van der Waals surface area (Å²) in [5, 5.41) is 0.653. The van der Waals surface area contributed by atoms with Crippen molar-refractivity contribution in [3.05, 3.63) is 63.6 Å². The fourth-order valence-electron chi connectivity index (χ4n) is 4.84. The van der Waals surface area contributed by atoms with Crippen LogP contribution in [0.3, 0.4) is 0 Å². The normalized spacial score (nSPS) is 21.0. The van der Waals surface area contributed by atoms with E-state index >= 15 is 0 Å². The summed E-state index contributed by atoms with van der Waals surface area (Å²) in [4.78, 5) is 30.5. The summed E-state index contributed by atoms with van der Waals surface area (Å²) in [6.07, 6.45) is 5.38. The summed E-state index contributed by atoms with van der Waals surface area (Å²) in [5.74, 6) is 0.881. The zero-order valence-electron chi connectivity index (χ0n) is 18.8. The Morgan fingerprint density at radius 1 is 0.939 bits per heavy atom. The number of benzene rings is 2. The predicted molar refractivity (Wildman–Crippen MR) is 134 cm³/mol. The lowest BCUT2D eigenvalue weighted by Crippen LogP contribution is -2.51. The molecule has 2 aromatic carbocycles. The van der Waals surface area contributed by atoms with E-state index in [4.69, 9.17) is 16.3 Å². The average molecular weight is 534 g/mol. The lowest BCUT2D eigenvalue weighted by molar-refractivity contribution is -0.136. The average Bonchev–Trinajstić information content (AvgIpc) is 2.84. The molecule has 2 heterocycles. The Morgan fingerprint density at radius 2 is 1.64 bits per heavy atom. The van der Waals surface area contributed by atoms with Gasteiger partial charge in [-0.05, 0) is 84.4 Å². The first-order chi connectivity index (χ1) is 16.0. The summed E-state index contributed by atoms with van der Waals surface area (Å²) in [6, 6.07) is 14.8. The fraction of sp³-hybridized carbons (Fsp3) is 0.462. The second-order valence-corrected chi connectivity index (χ2v) is 10.5. The minimum absolute atomic E-state index is 0.0107.